The number of aryl methyl sites for hydroxylation is 1. The van der Waals surface area contributed by atoms with Crippen molar-refractivity contribution in [2.45, 2.75) is 20.8 Å². The molecule has 0 amide bonds. The predicted molar refractivity (Wildman–Crippen MR) is 65.6 cm³/mol. The maximum Gasteiger partial charge on any atom is 0.251 e. The van der Waals surface area contributed by atoms with Gasteiger partial charge in [0.1, 0.15) is 10.8 Å². The molecule has 0 aliphatic rings. The van der Waals surface area contributed by atoms with E-state index in [9.17, 15) is 9.18 Å². The molecule has 0 spiro atoms. The van der Waals surface area contributed by atoms with Crippen LogP contribution in [0.5, 0.6) is 0 Å². The zero-order valence-corrected chi connectivity index (χ0v) is 10.2. The normalized spacial score (nSPS) is 9.81. The number of pyridine rings is 1. The molecule has 0 bridgehead atoms. The molecule has 0 aliphatic heterocycles. The van der Waals surface area contributed by atoms with Gasteiger partial charge in [0.25, 0.3) is 5.56 Å². The monoisotopic (exact) mass is 241 g/mol. The van der Waals surface area contributed by atoms with Crippen molar-refractivity contribution >= 4 is 22.5 Å². The van der Waals surface area contributed by atoms with E-state index in [1.807, 2.05) is 13.8 Å². The lowest BCUT2D eigenvalue weighted by molar-refractivity contribution is 0.629. The highest BCUT2D eigenvalue weighted by atomic mass is 35.5. The zero-order chi connectivity index (χ0) is 12.3. The Morgan fingerprint density at radius 3 is 2.56 bits per heavy atom. The maximum absolute atomic E-state index is 13.0. The van der Waals surface area contributed by atoms with Gasteiger partial charge in [-0.1, -0.05) is 25.4 Å². The molecule has 2 nitrogen and oxygen atoms in total. The summed E-state index contributed by atoms with van der Waals surface area (Å²) in [4.78, 5) is 13.8. The van der Waals surface area contributed by atoms with Gasteiger partial charge < -0.3 is 4.98 Å². The third-order valence-corrected chi connectivity index (χ3v) is 2.47. The molecule has 0 unspecified atom stereocenters. The molecule has 2 rings (SSSR count). The number of rotatable bonds is 0. The summed E-state index contributed by atoms with van der Waals surface area (Å²) >= 11 is 5.71. The fourth-order valence-electron chi connectivity index (χ4n) is 1.32. The molecule has 1 aromatic carbocycles. The minimum Gasteiger partial charge on any atom is -0.320 e. The van der Waals surface area contributed by atoms with Crippen LogP contribution < -0.4 is 5.56 Å². The SMILES string of the molecule is CC.Cc1cc2ccc(F)c(Cl)c2[nH]c1=O. The summed E-state index contributed by atoms with van der Waals surface area (Å²) in [6, 6.07) is 4.54. The maximum atomic E-state index is 13.0. The van der Waals surface area contributed by atoms with Gasteiger partial charge in [0, 0.05) is 10.9 Å². The third kappa shape index (κ3) is 2.25. The predicted octanol–water partition coefficient (Wildman–Crippen LogP) is 3.66. The first-order valence-electron chi connectivity index (χ1n) is 5.07. The largest absolute Gasteiger partial charge is 0.320 e. The number of aromatic nitrogens is 1. The van der Waals surface area contributed by atoms with Gasteiger partial charge in [0.05, 0.1) is 5.52 Å². The van der Waals surface area contributed by atoms with Crippen LogP contribution in [-0.4, -0.2) is 4.98 Å². The second-order valence-corrected chi connectivity index (χ2v) is 3.49. The van der Waals surface area contributed by atoms with E-state index in [1.54, 1.807) is 19.1 Å². The Bertz CT molecular complexity index is 563. The van der Waals surface area contributed by atoms with Crippen LogP contribution in [-0.2, 0) is 0 Å². The average molecular weight is 242 g/mol. The van der Waals surface area contributed by atoms with E-state index >= 15 is 0 Å². The number of aromatic amines is 1. The summed E-state index contributed by atoms with van der Waals surface area (Å²) in [6.07, 6.45) is 0. The van der Waals surface area contributed by atoms with E-state index in [1.165, 1.54) is 6.07 Å². The topological polar surface area (TPSA) is 32.9 Å². The van der Waals surface area contributed by atoms with Crippen molar-refractivity contribution in [2.75, 3.05) is 0 Å². The molecule has 0 saturated carbocycles. The van der Waals surface area contributed by atoms with Crippen LogP contribution in [0.4, 0.5) is 4.39 Å². The van der Waals surface area contributed by atoms with Crippen LogP contribution in [0.25, 0.3) is 10.9 Å². The summed E-state index contributed by atoms with van der Waals surface area (Å²) in [5.74, 6) is -0.529. The van der Waals surface area contributed by atoms with Gasteiger partial charge >= 0.3 is 0 Å². The van der Waals surface area contributed by atoms with Gasteiger partial charge in [-0.3, -0.25) is 4.79 Å². The van der Waals surface area contributed by atoms with Crippen molar-refractivity contribution in [1.29, 1.82) is 0 Å². The highest BCUT2D eigenvalue weighted by Crippen LogP contribution is 2.23. The second kappa shape index (κ2) is 5.12. The Balaban J connectivity index is 0.000000606. The van der Waals surface area contributed by atoms with Crippen molar-refractivity contribution in [3.8, 4) is 0 Å². The lowest BCUT2D eigenvalue weighted by Gasteiger charge is -2.02. The highest BCUT2D eigenvalue weighted by molar-refractivity contribution is 6.35. The average Bonchev–Trinajstić information content (AvgIpc) is 2.30. The Morgan fingerprint density at radius 2 is 1.94 bits per heavy atom. The van der Waals surface area contributed by atoms with Gasteiger partial charge in [-0.05, 0) is 25.1 Å². The van der Waals surface area contributed by atoms with E-state index in [0.29, 0.717) is 11.1 Å². The molecule has 86 valence electrons. The van der Waals surface area contributed by atoms with E-state index < -0.39 is 5.82 Å². The minimum absolute atomic E-state index is 0.0420. The molecular weight excluding hydrogens is 229 g/mol. The molecular formula is C12H13ClFNO. The third-order valence-electron chi connectivity index (χ3n) is 2.10. The molecule has 4 heteroatoms. The van der Waals surface area contributed by atoms with Crippen LogP contribution >= 0.6 is 11.6 Å². The lowest BCUT2D eigenvalue weighted by Crippen LogP contribution is -2.08. The summed E-state index contributed by atoms with van der Waals surface area (Å²) < 4.78 is 13.0. The molecule has 1 aromatic heterocycles. The van der Waals surface area contributed by atoms with Crippen LogP contribution in [0.3, 0.4) is 0 Å². The van der Waals surface area contributed by atoms with E-state index in [4.69, 9.17) is 11.6 Å². The van der Waals surface area contributed by atoms with Crippen molar-refractivity contribution < 1.29 is 4.39 Å². The van der Waals surface area contributed by atoms with E-state index in [0.717, 1.165) is 5.39 Å². The molecule has 0 saturated heterocycles. The Labute approximate surface area is 98.1 Å². The van der Waals surface area contributed by atoms with Crippen molar-refractivity contribution in [3.05, 3.63) is 45.0 Å². The molecule has 0 atom stereocenters. The van der Waals surface area contributed by atoms with Crippen molar-refractivity contribution in [2.24, 2.45) is 0 Å². The van der Waals surface area contributed by atoms with E-state index in [-0.39, 0.29) is 10.6 Å². The Morgan fingerprint density at radius 1 is 1.31 bits per heavy atom. The summed E-state index contributed by atoms with van der Waals surface area (Å²) in [5.41, 5.74) is 0.687. The lowest BCUT2D eigenvalue weighted by atomic mass is 10.2. The van der Waals surface area contributed by atoms with Crippen LogP contribution in [0.1, 0.15) is 19.4 Å². The number of hydrogen-bond donors (Lipinski definition) is 1. The molecule has 2 aromatic rings. The number of halogens is 2. The van der Waals surface area contributed by atoms with Gasteiger partial charge in [-0.15, -0.1) is 0 Å². The van der Waals surface area contributed by atoms with Gasteiger partial charge in [-0.25, -0.2) is 4.39 Å². The van der Waals surface area contributed by atoms with E-state index in [2.05, 4.69) is 4.98 Å². The van der Waals surface area contributed by atoms with Gasteiger partial charge in [0.15, 0.2) is 0 Å². The fourth-order valence-corrected chi connectivity index (χ4v) is 1.54. The molecule has 0 radical (unpaired) electrons. The van der Waals surface area contributed by atoms with Crippen LogP contribution in [0.15, 0.2) is 23.0 Å². The molecule has 1 heterocycles. The number of hydrogen-bond acceptors (Lipinski definition) is 1. The first-order chi connectivity index (χ1) is 7.59. The van der Waals surface area contributed by atoms with Gasteiger partial charge in [-0.2, -0.15) is 0 Å². The fraction of sp³-hybridized carbons (Fsp3) is 0.250. The molecule has 0 fully saturated rings. The zero-order valence-electron chi connectivity index (χ0n) is 9.40. The molecule has 0 aliphatic carbocycles. The number of H-pyrrole nitrogens is 1. The summed E-state index contributed by atoms with van der Waals surface area (Å²) in [7, 11) is 0. The van der Waals surface area contributed by atoms with Crippen LogP contribution in [0.2, 0.25) is 5.02 Å². The second-order valence-electron chi connectivity index (χ2n) is 3.11. The summed E-state index contributed by atoms with van der Waals surface area (Å²) in [5, 5.41) is 0.688. The first kappa shape index (κ1) is 12.7. The summed E-state index contributed by atoms with van der Waals surface area (Å²) in [6.45, 7) is 5.69. The minimum atomic E-state index is -0.529. The quantitative estimate of drug-likeness (QED) is 0.750. The number of nitrogens with one attached hydrogen (secondary N) is 1. The van der Waals surface area contributed by atoms with Crippen molar-refractivity contribution in [3.63, 3.8) is 0 Å². The van der Waals surface area contributed by atoms with Crippen LogP contribution in [0, 0.1) is 12.7 Å². The van der Waals surface area contributed by atoms with Crippen molar-refractivity contribution in [1.82, 2.24) is 4.98 Å². The molecule has 1 N–H and O–H groups in total. The highest BCUT2D eigenvalue weighted by Gasteiger charge is 2.06. The number of benzene rings is 1. The van der Waals surface area contributed by atoms with Gasteiger partial charge in [0.2, 0.25) is 0 Å². The Hall–Kier alpha value is -1.35. The smallest absolute Gasteiger partial charge is 0.251 e. The first-order valence-corrected chi connectivity index (χ1v) is 5.45. The number of fused-ring (bicyclic) bond motifs is 1. The standard InChI is InChI=1S/C10H7ClFNO.C2H6/c1-5-4-6-2-3-7(12)8(11)9(6)13-10(5)14;1-2/h2-4H,1H3,(H,13,14);1-2H3. The molecule has 16 heavy (non-hydrogen) atoms. The Kier molecular flexibility index (Phi) is 4.07.